The van der Waals surface area contributed by atoms with E-state index in [9.17, 15) is 19.5 Å². The molecular weight excluding hydrogens is 574 g/mol. The van der Waals surface area contributed by atoms with Gasteiger partial charge in [-0.1, -0.05) is 55.9 Å². The van der Waals surface area contributed by atoms with Crippen LogP contribution in [0.2, 0.25) is 0 Å². The number of hydrogen-bond acceptors (Lipinski definition) is 8. The molecule has 1 aliphatic rings. The largest absolute Gasteiger partial charge is 0.492 e. The molecule has 45 heavy (non-hydrogen) atoms. The molecule has 2 atom stereocenters. The SMILES string of the molecule is CC.CCOc1ccc(CNC(=O)c2cc(C(=O)NC3CC/C=C/C(C(=O)O)C=CC/C=C/3C)n(NC)c(=NC)n2)cc1NC. The lowest BCUT2D eigenvalue weighted by Crippen LogP contribution is -2.43. The third-order valence-electron chi connectivity index (χ3n) is 6.91. The number of hydrogen-bond donors (Lipinski definition) is 5. The number of rotatable bonds is 10. The predicted molar refractivity (Wildman–Crippen MR) is 177 cm³/mol. The van der Waals surface area contributed by atoms with Crippen LogP contribution in [0.25, 0.3) is 0 Å². The fourth-order valence-corrected chi connectivity index (χ4v) is 4.58. The van der Waals surface area contributed by atoms with Gasteiger partial charge in [0.05, 0.1) is 24.3 Å². The summed E-state index contributed by atoms with van der Waals surface area (Å²) in [6.45, 7) is 8.62. The number of allylic oxidation sites excluding steroid dienone is 3. The zero-order valence-corrected chi connectivity index (χ0v) is 27.3. The molecule has 0 radical (unpaired) electrons. The minimum atomic E-state index is -0.911. The first-order chi connectivity index (χ1) is 21.7. The number of aliphatic carboxylic acids is 1. The quantitative estimate of drug-likeness (QED) is 0.249. The summed E-state index contributed by atoms with van der Waals surface area (Å²) in [6.07, 6.45) is 10.6. The highest BCUT2D eigenvalue weighted by Gasteiger charge is 2.21. The van der Waals surface area contributed by atoms with E-state index in [0.717, 1.165) is 22.6 Å². The van der Waals surface area contributed by atoms with Crippen molar-refractivity contribution in [3.63, 3.8) is 0 Å². The maximum Gasteiger partial charge on any atom is 0.314 e. The summed E-state index contributed by atoms with van der Waals surface area (Å²) in [4.78, 5) is 46.9. The predicted octanol–water partition coefficient (Wildman–Crippen LogP) is 4.03. The topological polar surface area (TPSA) is 159 Å². The van der Waals surface area contributed by atoms with Crippen molar-refractivity contribution in [1.82, 2.24) is 20.3 Å². The summed E-state index contributed by atoms with van der Waals surface area (Å²) in [6, 6.07) is 6.73. The van der Waals surface area contributed by atoms with Crippen molar-refractivity contribution in [3.8, 4) is 5.75 Å². The Morgan fingerprint density at radius 2 is 1.84 bits per heavy atom. The van der Waals surface area contributed by atoms with E-state index < -0.39 is 23.7 Å². The van der Waals surface area contributed by atoms with Gasteiger partial charge in [-0.3, -0.25) is 19.4 Å². The molecule has 0 aliphatic heterocycles. The van der Waals surface area contributed by atoms with Gasteiger partial charge < -0.3 is 31.2 Å². The Labute approximate surface area is 265 Å². The minimum Gasteiger partial charge on any atom is -0.492 e. The maximum absolute atomic E-state index is 13.6. The van der Waals surface area contributed by atoms with Crippen LogP contribution in [0.4, 0.5) is 5.69 Å². The number of nitrogens with zero attached hydrogens (tertiary/aromatic N) is 3. The number of carboxylic acids is 1. The van der Waals surface area contributed by atoms with Crippen LogP contribution in [-0.2, 0) is 11.3 Å². The number of anilines is 1. The van der Waals surface area contributed by atoms with Gasteiger partial charge in [0.15, 0.2) is 0 Å². The highest BCUT2D eigenvalue weighted by molar-refractivity contribution is 5.97. The summed E-state index contributed by atoms with van der Waals surface area (Å²) in [5.41, 5.74) is 5.88. The number of amides is 2. The van der Waals surface area contributed by atoms with Gasteiger partial charge in [-0.2, -0.15) is 0 Å². The Bertz CT molecular complexity index is 1480. The molecule has 0 saturated heterocycles. The van der Waals surface area contributed by atoms with Crippen molar-refractivity contribution in [2.75, 3.05) is 38.5 Å². The first-order valence-corrected chi connectivity index (χ1v) is 15.2. The van der Waals surface area contributed by atoms with Crippen molar-refractivity contribution in [2.24, 2.45) is 10.9 Å². The summed E-state index contributed by atoms with van der Waals surface area (Å²) in [5, 5.41) is 18.4. The van der Waals surface area contributed by atoms with Crippen LogP contribution < -0.4 is 31.7 Å². The molecular formula is C33H47N7O5. The second kappa shape index (κ2) is 18.7. The van der Waals surface area contributed by atoms with Crippen molar-refractivity contribution in [2.45, 2.75) is 59.5 Å². The molecule has 0 saturated carbocycles. The average Bonchev–Trinajstić information content (AvgIpc) is 3.09. The Kier molecular flexibility index (Phi) is 15.1. The van der Waals surface area contributed by atoms with Gasteiger partial charge in [0, 0.05) is 33.8 Å². The lowest BCUT2D eigenvalue weighted by molar-refractivity contribution is -0.138. The first kappa shape index (κ1) is 36.3. The lowest BCUT2D eigenvalue weighted by Gasteiger charge is -2.21. The van der Waals surface area contributed by atoms with Crippen molar-refractivity contribution >= 4 is 23.5 Å². The molecule has 0 fully saturated rings. The smallest absolute Gasteiger partial charge is 0.314 e. The van der Waals surface area contributed by atoms with Gasteiger partial charge in [0.2, 0.25) is 5.62 Å². The molecule has 2 unspecified atom stereocenters. The third-order valence-corrected chi connectivity index (χ3v) is 6.91. The van der Waals surface area contributed by atoms with E-state index in [0.29, 0.717) is 25.9 Å². The second-order valence-electron chi connectivity index (χ2n) is 9.81. The molecule has 0 bridgehead atoms. The molecule has 1 aromatic carbocycles. The van der Waals surface area contributed by atoms with Crippen LogP contribution in [-0.4, -0.2) is 66.3 Å². The third kappa shape index (κ3) is 10.4. The molecule has 1 aliphatic carbocycles. The summed E-state index contributed by atoms with van der Waals surface area (Å²) in [7, 11) is 4.96. The van der Waals surface area contributed by atoms with Crippen molar-refractivity contribution in [3.05, 3.63) is 82.8 Å². The highest BCUT2D eigenvalue weighted by Crippen LogP contribution is 2.25. The molecule has 12 nitrogen and oxygen atoms in total. The van der Waals surface area contributed by atoms with Crippen LogP contribution in [0, 0.1) is 5.92 Å². The Hall–Kier alpha value is -4.87. The normalized spacial score (nSPS) is 18.6. The number of benzene rings is 1. The fraction of sp³-hybridized carbons (Fsp3) is 0.424. The molecule has 3 rings (SSSR count). The Morgan fingerprint density at radius 3 is 2.49 bits per heavy atom. The van der Waals surface area contributed by atoms with Gasteiger partial charge in [0.1, 0.15) is 17.1 Å². The molecule has 2 amide bonds. The number of aromatic nitrogens is 2. The van der Waals surface area contributed by atoms with Gasteiger partial charge in [0.25, 0.3) is 11.8 Å². The lowest BCUT2D eigenvalue weighted by atomic mass is 10.0. The summed E-state index contributed by atoms with van der Waals surface area (Å²) < 4.78 is 7.04. The molecule has 0 spiro atoms. The van der Waals surface area contributed by atoms with Crippen LogP contribution in [0.1, 0.15) is 73.5 Å². The van der Waals surface area contributed by atoms with Gasteiger partial charge in [-0.15, -0.1) is 0 Å². The Morgan fingerprint density at radius 1 is 1.11 bits per heavy atom. The zero-order chi connectivity index (χ0) is 33.4. The molecule has 1 heterocycles. The van der Waals surface area contributed by atoms with E-state index in [1.54, 1.807) is 26.2 Å². The second-order valence-corrected chi connectivity index (χ2v) is 9.81. The van der Waals surface area contributed by atoms with Crippen LogP contribution >= 0.6 is 0 Å². The van der Waals surface area contributed by atoms with E-state index in [1.165, 1.54) is 17.8 Å². The van der Waals surface area contributed by atoms with E-state index in [-0.39, 0.29) is 29.6 Å². The number of carboxylic acid groups (broad SMARTS) is 1. The number of ether oxygens (including phenoxy) is 1. The molecule has 244 valence electrons. The number of carbonyl (C=O) groups is 3. The van der Waals surface area contributed by atoms with Gasteiger partial charge >= 0.3 is 5.97 Å². The molecule has 5 N–H and O–H groups in total. The molecule has 1 aromatic heterocycles. The monoisotopic (exact) mass is 621 g/mol. The number of carbonyl (C=O) groups excluding carboxylic acids is 2. The standard InChI is InChI=1S/C31H41N7O5.C2H6/c1-6-43-27-16-15-21(17-24(27)32-3)19-35-28(39)25-18-26(38(34-5)31(33-4)37-25)29(40)36-23-14-10-9-13-22(30(41)42)12-8-7-11-20(23)2;1-2/h8-9,11-13,15-18,22-23,32,34H,6-7,10,14,19H2,1-5H3,(H,35,39)(H,36,40)(H,41,42);1-2H3/b12-8?,13-9+,20-11+,33-31?;. The van der Waals surface area contributed by atoms with Crippen molar-refractivity contribution < 1.29 is 24.2 Å². The van der Waals surface area contributed by atoms with Crippen LogP contribution in [0.15, 0.2) is 65.2 Å². The van der Waals surface area contributed by atoms with E-state index in [1.807, 2.05) is 64.1 Å². The van der Waals surface area contributed by atoms with Gasteiger partial charge in [-0.05, 0) is 50.8 Å². The van der Waals surface area contributed by atoms with E-state index >= 15 is 0 Å². The van der Waals surface area contributed by atoms with Crippen LogP contribution in [0.3, 0.4) is 0 Å². The highest BCUT2D eigenvalue weighted by atomic mass is 16.5. The van der Waals surface area contributed by atoms with Gasteiger partial charge in [-0.25, -0.2) is 9.66 Å². The fourth-order valence-electron chi connectivity index (χ4n) is 4.58. The minimum absolute atomic E-state index is 0.0412. The van der Waals surface area contributed by atoms with E-state index in [2.05, 4.69) is 31.4 Å². The summed E-state index contributed by atoms with van der Waals surface area (Å²) >= 11 is 0. The average molecular weight is 622 g/mol. The van der Waals surface area contributed by atoms with Crippen molar-refractivity contribution in [1.29, 1.82) is 0 Å². The molecule has 2 aromatic rings. The maximum atomic E-state index is 13.6. The first-order valence-electron chi connectivity index (χ1n) is 15.2. The zero-order valence-electron chi connectivity index (χ0n) is 27.3. The van der Waals surface area contributed by atoms with E-state index in [4.69, 9.17) is 4.74 Å². The Balaban J connectivity index is 0.00000345. The summed E-state index contributed by atoms with van der Waals surface area (Å²) in [5.74, 6) is -1.76. The molecule has 12 heteroatoms. The van der Waals surface area contributed by atoms with Crippen LogP contribution in [0.5, 0.6) is 5.75 Å². The number of nitrogens with one attached hydrogen (secondary N) is 4.